The smallest absolute Gasteiger partial charge is 0.179 e. The van der Waals surface area contributed by atoms with Crippen LogP contribution in [0.1, 0.15) is 35.7 Å². The highest BCUT2D eigenvalue weighted by Gasteiger charge is 2.24. The van der Waals surface area contributed by atoms with E-state index in [0.29, 0.717) is 5.56 Å². The molecule has 3 nitrogen and oxygen atoms in total. The normalized spacial score (nSPS) is 16.0. The first-order valence-corrected chi connectivity index (χ1v) is 8.97. The van der Waals surface area contributed by atoms with Gasteiger partial charge < -0.3 is 10.0 Å². The average molecular weight is 388 g/mol. The predicted molar refractivity (Wildman–Crippen MR) is 95.3 cm³/mol. The largest absolute Gasteiger partial charge is 0.507 e. The molecular formula is C15H18BrNO2S2. The van der Waals surface area contributed by atoms with E-state index in [-0.39, 0.29) is 16.8 Å². The molecule has 1 aromatic carbocycles. The van der Waals surface area contributed by atoms with Gasteiger partial charge >= 0.3 is 0 Å². The van der Waals surface area contributed by atoms with Crippen molar-refractivity contribution in [2.75, 3.05) is 13.1 Å². The molecule has 0 radical (unpaired) electrons. The molecule has 1 saturated heterocycles. The highest BCUT2D eigenvalue weighted by Crippen LogP contribution is 2.30. The number of aromatic hydroxyl groups is 1. The zero-order valence-corrected chi connectivity index (χ0v) is 15.3. The molecule has 1 atom stereocenters. The summed E-state index contributed by atoms with van der Waals surface area (Å²) in [4.78, 5) is 14.6. The van der Waals surface area contributed by atoms with Crippen LogP contribution in [0, 0.1) is 6.92 Å². The molecule has 21 heavy (non-hydrogen) atoms. The molecule has 0 spiro atoms. The lowest BCUT2D eigenvalue weighted by Gasteiger charge is -2.20. The zero-order valence-electron chi connectivity index (χ0n) is 12.1. The third kappa shape index (κ3) is 3.99. The quantitative estimate of drug-likeness (QED) is 0.622. The Morgan fingerprint density at radius 1 is 1.43 bits per heavy atom. The Morgan fingerprint density at radius 2 is 2.05 bits per heavy atom. The summed E-state index contributed by atoms with van der Waals surface area (Å²) in [6.45, 7) is 5.67. The first kappa shape index (κ1) is 16.8. The number of likely N-dealkylation sites (tertiary alicyclic amines) is 1. The highest BCUT2D eigenvalue weighted by molar-refractivity contribution is 9.10. The number of halogens is 1. The molecule has 1 fully saturated rings. The number of rotatable bonds is 3. The van der Waals surface area contributed by atoms with Gasteiger partial charge in [0.25, 0.3) is 0 Å². The summed E-state index contributed by atoms with van der Waals surface area (Å²) in [7, 11) is 0. The van der Waals surface area contributed by atoms with Crippen LogP contribution < -0.4 is 0 Å². The van der Waals surface area contributed by atoms with Crippen molar-refractivity contribution in [3.05, 3.63) is 27.7 Å². The van der Waals surface area contributed by atoms with Crippen molar-refractivity contribution in [1.29, 1.82) is 0 Å². The van der Waals surface area contributed by atoms with Crippen LogP contribution in [0.5, 0.6) is 5.75 Å². The Morgan fingerprint density at radius 3 is 2.67 bits per heavy atom. The van der Waals surface area contributed by atoms with E-state index >= 15 is 0 Å². The van der Waals surface area contributed by atoms with Gasteiger partial charge in [-0.3, -0.25) is 4.79 Å². The number of nitrogens with zero attached hydrogens (tertiary/aromatic N) is 1. The molecule has 114 valence electrons. The number of aryl methyl sites for hydroxylation is 1. The van der Waals surface area contributed by atoms with E-state index < -0.39 is 0 Å². The molecule has 0 amide bonds. The molecule has 1 heterocycles. The Bertz CT molecular complexity index is 571. The maximum atomic E-state index is 12.5. The number of phenolic OH excluding ortho intramolecular Hbond substituents is 1. The number of thiocarbonyl (C=S) groups is 1. The van der Waals surface area contributed by atoms with E-state index in [1.54, 1.807) is 12.1 Å². The van der Waals surface area contributed by atoms with Gasteiger partial charge in [-0.25, -0.2) is 0 Å². The number of ketones is 1. The lowest BCUT2D eigenvalue weighted by atomic mass is 10.1. The maximum absolute atomic E-state index is 12.5. The fourth-order valence-corrected chi connectivity index (χ4v) is 4.09. The number of hydrogen-bond donors (Lipinski definition) is 1. The molecule has 0 aromatic heterocycles. The van der Waals surface area contributed by atoms with Crippen LogP contribution in [0.2, 0.25) is 0 Å². The Labute approximate surface area is 143 Å². The van der Waals surface area contributed by atoms with Crippen molar-refractivity contribution in [3.63, 3.8) is 0 Å². The van der Waals surface area contributed by atoms with E-state index in [1.165, 1.54) is 11.8 Å². The summed E-state index contributed by atoms with van der Waals surface area (Å²) in [5.41, 5.74) is 1.24. The summed E-state index contributed by atoms with van der Waals surface area (Å²) in [5, 5.41) is 9.68. The maximum Gasteiger partial charge on any atom is 0.179 e. The molecule has 1 aliphatic heterocycles. The number of carbonyl (C=O) groups is 1. The van der Waals surface area contributed by atoms with Crippen molar-refractivity contribution in [1.82, 2.24) is 4.90 Å². The topological polar surface area (TPSA) is 40.5 Å². The van der Waals surface area contributed by atoms with Crippen molar-refractivity contribution in [2.24, 2.45) is 0 Å². The van der Waals surface area contributed by atoms with Crippen LogP contribution in [0.3, 0.4) is 0 Å². The minimum Gasteiger partial charge on any atom is -0.507 e. The summed E-state index contributed by atoms with van der Waals surface area (Å²) < 4.78 is 1.60. The Balaban J connectivity index is 2.08. The second kappa shape index (κ2) is 7.11. The summed E-state index contributed by atoms with van der Waals surface area (Å²) in [5.74, 6) is -0.0695. The molecule has 1 unspecified atom stereocenters. The lowest BCUT2D eigenvalue weighted by Crippen LogP contribution is -2.27. The Kier molecular flexibility index (Phi) is 5.68. The van der Waals surface area contributed by atoms with Gasteiger partial charge in [-0.15, -0.1) is 0 Å². The van der Waals surface area contributed by atoms with Gasteiger partial charge in [0.15, 0.2) is 5.78 Å². The average Bonchev–Trinajstić information content (AvgIpc) is 2.96. The zero-order chi connectivity index (χ0) is 15.6. The van der Waals surface area contributed by atoms with Crippen molar-refractivity contribution >= 4 is 50.0 Å². The molecule has 1 aromatic rings. The molecule has 6 heteroatoms. The van der Waals surface area contributed by atoms with Crippen LogP contribution in [0.4, 0.5) is 0 Å². The van der Waals surface area contributed by atoms with Gasteiger partial charge in [0.05, 0.1) is 10.8 Å². The van der Waals surface area contributed by atoms with Crippen LogP contribution in [-0.2, 0) is 0 Å². The molecule has 1 aliphatic rings. The first-order valence-electron chi connectivity index (χ1n) is 6.89. The van der Waals surface area contributed by atoms with Crippen molar-refractivity contribution < 1.29 is 9.90 Å². The third-order valence-electron chi connectivity index (χ3n) is 3.55. The van der Waals surface area contributed by atoms with E-state index in [0.717, 1.165) is 40.3 Å². The van der Waals surface area contributed by atoms with Crippen molar-refractivity contribution in [3.8, 4) is 5.75 Å². The molecule has 1 N–H and O–H groups in total. The van der Waals surface area contributed by atoms with Crippen LogP contribution in [0.25, 0.3) is 0 Å². The fourth-order valence-electron chi connectivity index (χ4n) is 2.26. The van der Waals surface area contributed by atoms with Crippen molar-refractivity contribution in [2.45, 2.75) is 31.9 Å². The molecule has 2 rings (SSSR count). The van der Waals surface area contributed by atoms with Gasteiger partial charge in [0.1, 0.15) is 10.1 Å². The molecule has 0 aliphatic carbocycles. The molecule has 0 bridgehead atoms. The number of phenols is 1. The lowest BCUT2D eigenvalue weighted by molar-refractivity contribution is 0.0991. The third-order valence-corrected chi connectivity index (χ3v) is 5.98. The van der Waals surface area contributed by atoms with Gasteiger partial charge in [0, 0.05) is 17.6 Å². The van der Waals surface area contributed by atoms with Gasteiger partial charge in [-0.05, 0) is 44.4 Å². The number of Topliss-reactive ketones (excluding diaryl/α,β-unsaturated/α-hetero) is 1. The first-order chi connectivity index (χ1) is 9.90. The standard InChI is InChI=1S/C15H18BrNO2S2/c1-9-7-13(18)11(8-12(9)16)14(19)10(2)21-15(20)17-5-3-4-6-17/h7-8,10,18H,3-6H2,1-2H3. The van der Waals surface area contributed by atoms with Crippen LogP contribution in [-0.4, -0.2) is 38.4 Å². The van der Waals surface area contributed by atoms with E-state index in [4.69, 9.17) is 12.2 Å². The highest BCUT2D eigenvalue weighted by atomic mass is 79.9. The summed E-state index contributed by atoms with van der Waals surface area (Å²) >= 11 is 10.2. The fraction of sp³-hybridized carbons (Fsp3) is 0.467. The Hall–Kier alpha value is -0.590. The molecule has 0 saturated carbocycles. The number of hydrogen-bond acceptors (Lipinski definition) is 4. The molecular weight excluding hydrogens is 370 g/mol. The number of carbonyl (C=O) groups excluding carboxylic acids is 1. The van der Waals surface area contributed by atoms with E-state index in [2.05, 4.69) is 20.8 Å². The number of benzene rings is 1. The van der Waals surface area contributed by atoms with E-state index in [1.807, 2.05) is 13.8 Å². The minimum atomic E-state index is -0.307. The SMILES string of the molecule is Cc1cc(O)c(C(=O)C(C)SC(=S)N2CCCC2)cc1Br. The van der Waals surface area contributed by atoms with Gasteiger partial charge in [0.2, 0.25) is 0 Å². The number of thioether (sulfide) groups is 1. The van der Waals surface area contributed by atoms with Gasteiger partial charge in [-0.1, -0.05) is 39.9 Å². The predicted octanol–water partition coefficient (Wildman–Crippen LogP) is 4.15. The monoisotopic (exact) mass is 387 g/mol. The second-order valence-electron chi connectivity index (χ2n) is 5.20. The van der Waals surface area contributed by atoms with E-state index in [9.17, 15) is 9.90 Å². The van der Waals surface area contributed by atoms with Crippen LogP contribution in [0.15, 0.2) is 16.6 Å². The minimum absolute atomic E-state index is 0.0280. The summed E-state index contributed by atoms with van der Waals surface area (Å²) in [6, 6.07) is 3.29. The summed E-state index contributed by atoms with van der Waals surface area (Å²) in [6.07, 6.45) is 2.32. The van der Waals surface area contributed by atoms with Crippen LogP contribution >= 0.6 is 39.9 Å². The second-order valence-corrected chi connectivity index (χ2v) is 8.03. The van der Waals surface area contributed by atoms with Gasteiger partial charge in [-0.2, -0.15) is 0 Å².